The molecule has 0 saturated heterocycles. The number of aliphatic hydroxyl groups is 4. The average Bonchev–Trinajstić information content (AvgIpc) is 2.35. The van der Waals surface area contributed by atoms with Gasteiger partial charge < -0.3 is 50.4 Å². The molecule has 4 atom stereocenters. The zero-order valence-corrected chi connectivity index (χ0v) is 11.6. The van der Waals surface area contributed by atoms with Gasteiger partial charge in [-0.05, 0) is 0 Å². The molecule has 13 heteroatoms. The molecule has 0 aromatic heterocycles. The number of hydrogen-bond donors (Lipinski definition) is 6. The predicted octanol–water partition coefficient (Wildman–Crippen LogP) is -7.30. The summed E-state index contributed by atoms with van der Waals surface area (Å²) in [4.78, 5) is 38.8. The molecule has 0 bridgehead atoms. The van der Waals surface area contributed by atoms with Crippen molar-refractivity contribution in [2.45, 2.75) is 24.4 Å². The first-order valence-corrected chi connectivity index (χ1v) is 4.53. The number of carbonyl (C=O) groups is 4. The molecule has 0 aliphatic rings. The largest absolute Gasteiger partial charge is 2.00 e. The number of rotatable bonds is 6. The van der Waals surface area contributed by atoms with E-state index in [0.717, 1.165) is 0 Å². The number of carboxylic acid groups (broad SMARTS) is 4. The van der Waals surface area contributed by atoms with Gasteiger partial charge >= 0.3 is 35.0 Å². The second-order valence-electron chi connectivity index (χ2n) is 3.09. The molecule has 0 fully saturated rings. The Morgan fingerprint density at radius 3 is 0.857 bits per heavy atom. The fourth-order valence-electron chi connectivity index (χ4n) is 0.528. The maximum Gasteiger partial charge on any atom is 2.00 e. The number of aliphatic hydroxyl groups excluding tert-OH is 4. The van der Waals surface area contributed by atoms with Crippen LogP contribution in [0.15, 0.2) is 0 Å². The van der Waals surface area contributed by atoms with Gasteiger partial charge in [0.1, 0.15) is 12.2 Å². The van der Waals surface area contributed by atoms with Crippen LogP contribution >= 0.6 is 0 Å². The van der Waals surface area contributed by atoms with E-state index in [2.05, 4.69) is 0 Å². The van der Waals surface area contributed by atoms with Crippen LogP contribution in [0.1, 0.15) is 0 Å². The van der Waals surface area contributed by atoms with Gasteiger partial charge in [-0.2, -0.15) is 0 Å². The number of carboxylic acids is 4. The van der Waals surface area contributed by atoms with Crippen molar-refractivity contribution in [1.29, 1.82) is 0 Å². The summed E-state index contributed by atoms with van der Waals surface area (Å²) in [5, 5.41) is 68.3. The summed E-state index contributed by atoms with van der Waals surface area (Å²) >= 11 is 0. The third-order valence-corrected chi connectivity index (χ3v) is 1.59. The van der Waals surface area contributed by atoms with Crippen LogP contribution in [0.25, 0.3) is 0 Å². The van der Waals surface area contributed by atoms with Crippen molar-refractivity contribution >= 4 is 46.9 Å². The van der Waals surface area contributed by atoms with Crippen LogP contribution in [-0.2, 0) is 19.2 Å². The summed E-state index contributed by atoms with van der Waals surface area (Å²) in [6.07, 6.45) is -9.41. The predicted molar refractivity (Wildman–Crippen MR) is 55.1 cm³/mol. The Balaban J connectivity index is -0.000000295. The van der Waals surface area contributed by atoms with Gasteiger partial charge in [-0.25, -0.2) is 9.59 Å². The van der Waals surface area contributed by atoms with Gasteiger partial charge in [-0.1, -0.05) is 0 Å². The zero-order valence-electron chi connectivity index (χ0n) is 10.1. The number of aliphatic carboxylic acids is 4. The molecular formula is C8H10MgO12. The zero-order chi connectivity index (χ0) is 16.6. The maximum atomic E-state index is 9.74. The Morgan fingerprint density at radius 1 is 0.619 bits per heavy atom. The quantitative estimate of drug-likeness (QED) is 0.250. The van der Waals surface area contributed by atoms with Crippen LogP contribution in [0.3, 0.4) is 0 Å². The van der Waals surface area contributed by atoms with Gasteiger partial charge in [-0.15, -0.1) is 0 Å². The molecule has 0 aliphatic heterocycles. The van der Waals surface area contributed by atoms with Crippen LogP contribution in [-0.4, -0.2) is 102 Å². The van der Waals surface area contributed by atoms with Crippen LogP contribution in [0.4, 0.5) is 0 Å². The molecule has 0 amide bonds. The standard InChI is InChI=1S/2C4H6O6.Mg/c2*5-1(3(7)8)2(6)4(9)10;/h2*1-2,5-6H,(H,7,8)(H,9,10);/q;;+2/p-2. The van der Waals surface area contributed by atoms with E-state index in [0.29, 0.717) is 0 Å². The molecule has 12 nitrogen and oxygen atoms in total. The Hall–Kier alpha value is -1.51. The minimum atomic E-state index is -2.38. The van der Waals surface area contributed by atoms with E-state index < -0.39 is 48.3 Å². The molecule has 0 aromatic rings. The Kier molecular flexibility index (Phi) is 13.0. The molecule has 0 radical (unpaired) electrons. The van der Waals surface area contributed by atoms with Gasteiger partial charge in [0.2, 0.25) is 0 Å². The molecule has 0 heterocycles. The first-order chi connectivity index (χ1) is 8.93. The summed E-state index contributed by atoms with van der Waals surface area (Å²) in [6.45, 7) is 0. The normalized spacial score (nSPS) is 15.0. The summed E-state index contributed by atoms with van der Waals surface area (Å²) < 4.78 is 0. The van der Waals surface area contributed by atoms with E-state index in [1.807, 2.05) is 0 Å². The van der Waals surface area contributed by atoms with Crippen molar-refractivity contribution < 1.29 is 60.0 Å². The second-order valence-corrected chi connectivity index (χ2v) is 3.09. The van der Waals surface area contributed by atoms with E-state index >= 15 is 0 Å². The van der Waals surface area contributed by atoms with E-state index in [4.69, 9.17) is 30.6 Å². The van der Waals surface area contributed by atoms with Crippen LogP contribution in [0, 0.1) is 0 Å². The summed E-state index contributed by atoms with van der Waals surface area (Å²) in [6, 6.07) is 0. The Labute approximate surface area is 132 Å². The van der Waals surface area contributed by atoms with E-state index in [-0.39, 0.29) is 23.1 Å². The molecule has 0 aliphatic carbocycles. The molecule has 0 rings (SSSR count). The first kappa shape index (κ1) is 24.5. The molecule has 6 N–H and O–H groups in total. The summed E-state index contributed by atoms with van der Waals surface area (Å²) in [5.74, 6) is -7.65. The van der Waals surface area contributed by atoms with Crippen LogP contribution in [0.5, 0.6) is 0 Å². The number of carbonyl (C=O) groups excluding carboxylic acids is 2. The van der Waals surface area contributed by atoms with E-state index in [1.54, 1.807) is 0 Å². The molecule has 4 unspecified atom stereocenters. The van der Waals surface area contributed by atoms with Gasteiger partial charge in [-0.3, -0.25) is 0 Å². The van der Waals surface area contributed by atoms with Crippen LogP contribution < -0.4 is 10.2 Å². The van der Waals surface area contributed by atoms with Gasteiger partial charge in [0, 0.05) is 0 Å². The molecular weight excluding hydrogens is 312 g/mol. The van der Waals surface area contributed by atoms with Crippen molar-refractivity contribution in [3.63, 3.8) is 0 Å². The van der Waals surface area contributed by atoms with Crippen molar-refractivity contribution in [2.24, 2.45) is 0 Å². The van der Waals surface area contributed by atoms with Crippen molar-refractivity contribution in [3.8, 4) is 0 Å². The van der Waals surface area contributed by atoms with Crippen molar-refractivity contribution in [1.82, 2.24) is 0 Å². The Bertz CT molecular complexity index is 309. The third kappa shape index (κ3) is 9.94. The van der Waals surface area contributed by atoms with Crippen LogP contribution in [0.2, 0.25) is 0 Å². The first-order valence-electron chi connectivity index (χ1n) is 4.53. The monoisotopic (exact) mass is 322 g/mol. The molecule has 21 heavy (non-hydrogen) atoms. The second kappa shape index (κ2) is 11.2. The minimum absolute atomic E-state index is 0. The van der Waals surface area contributed by atoms with Gasteiger partial charge in [0.15, 0.2) is 12.2 Å². The van der Waals surface area contributed by atoms with Gasteiger partial charge in [0.25, 0.3) is 0 Å². The van der Waals surface area contributed by atoms with Gasteiger partial charge in [0.05, 0.1) is 11.9 Å². The molecule has 0 aromatic carbocycles. The van der Waals surface area contributed by atoms with Crippen molar-refractivity contribution in [3.05, 3.63) is 0 Å². The molecule has 0 saturated carbocycles. The summed E-state index contributed by atoms with van der Waals surface area (Å²) in [5.41, 5.74) is 0. The topological polar surface area (TPSA) is 236 Å². The Morgan fingerprint density at radius 2 is 0.810 bits per heavy atom. The minimum Gasteiger partial charge on any atom is -0.547 e. The SMILES string of the molecule is O=C([O-])C(O)C(O)C(=O)O.O=C([O-])C(O)C(O)C(=O)O.[Mg+2]. The fraction of sp³-hybridized carbons (Fsp3) is 0.500. The average molecular weight is 322 g/mol. The fourth-order valence-corrected chi connectivity index (χ4v) is 0.528. The maximum absolute atomic E-state index is 9.74. The number of hydrogen-bond acceptors (Lipinski definition) is 10. The smallest absolute Gasteiger partial charge is 0.547 e. The van der Waals surface area contributed by atoms with E-state index in [9.17, 15) is 29.4 Å². The molecule has 116 valence electrons. The van der Waals surface area contributed by atoms with Crippen molar-refractivity contribution in [2.75, 3.05) is 0 Å². The molecule has 0 spiro atoms. The van der Waals surface area contributed by atoms with E-state index in [1.165, 1.54) is 0 Å². The third-order valence-electron chi connectivity index (χ3n) is 1.59. The summed E-state index contributed by atoms with van der Waals surface area (Å²) in [7, 11) is 0.